The number of thiophene rings is 1. The number of aryl methyl sites for hydroxylation is 1. The lowest BCUT2D eigenvalue weighted by Gasteiger charge is -2.10. The summed E-state index contributed by atoms with van der Waals surface area (Å²) >= 11 is 8.27. The Hall–Kier alpha value is -0.990. The molecule has 0 fully saturated rings. The van der Waals surface area contributed by atoms with Crippen molar-refractivity contribution in [3.8, 4) is 5.75 Å². The van der Waals surface area contributed by atoms with Gasteiger partial charge in [-0.3, -0.25) is 0 Å². The number of hydrogen-bond acceptors (Lipinski definition) is 2. The Morgan fingerprint density at radius 3 is 2.56 bits per heavy atom. The highest BCUT2D eigenvalue weighted by Gasteiger charge is 2.14. The molecule has 3 heteroatoms. The quantitative estimate of drug-likeness (QED) is 0.712. The Balaban J connectivity index is 2.08. The van der Waals surface area contributed by atoms with Crippen LogP contribution in [0.1, 0.15) is 28.3 Å². The third-order valence-corrected chi connectivity index (χ3v) is 4.59. The molecule has 1 unspecified atom stereocenters. The fraction of sp³-hybridized carbons (Fsp3) is 0.333. The first kappa shape index (κ1) is 13.4. The van der Waals surface area contributed by atoms with Gasteiger partial charge in [-0.15, -0.1) is 22.9 Å². The van der Waals surface area contributed by atoms with E-state index in [1.54, 1.807) is 18.4 Å². The minimum atomic E-state index is 0.0633. The van der Waals surface area contributed by atoms with E-state index in [1.807, 2.05) is 12.1 Å². The molecule has 1 aromatic heterocycles. The van der Waals surface area contributed by atoms with E-state index in [4.69, 9.17) is 16.3 Å². The molecule has 0 aliphatic rings. The Labute approximate surface area is 117 Å². The predicted octanol–water partition coefficient (Wildman–Crippen LogP) is 4.84. The molecule has 0 saturated carbocycles. The Morgan fingerprint density at radius 2 is 1.94 bits per heavy atom. The monoisotopic (exact) mass is 280 g/mol. The number of methoxy groups -OCH3 is 1. The molecule has 0 radical (unpaired) electrons. The van der Waals surface area contributed by atoms with Gasteiger partial charge in [-0.25, -0.2) is 0 Å². The lowest BCUT2D eigenvalue weighted by molar-refractivity contribution is 0.414. The second-order valence-corrected chi connectivity index (χ2v) is 5.66. The SMILES string of the molecule is CCc1ccsc1C(Cl)Cc1ccc(OC)cc1. The van der Waals surface area contributed by atoms with Crippen LogP contribution in [0.15, 0.2) is 35.7 Å². The van der Waals surface area contributed by atoms with Gasteiger partial charge in [0, 0.05) is 4.88 Å². The zero-order chi connectivity index (χ0) is 13.0. The third-order valence-electron chi connectivity index (χ3n) is 3.02. The van der Waals surface area contributed by atoms with Crippen LogP contribution in [0.2, 0.25) is 0 Å². The van der Waals surface area contributed by atoms with Crippen molar-refractivity contribution in [3.05, 3.63) is 51.7 Å². The van der Waals surface area contributed by atoms with Crippen LogP contribution in [-0.4, -0.2) is 7.11 Å². The minimum Gasteiger partial charge on any atom is -0.497 e. The topological polar surface area (TPSA) is 9.23 Å². The molecule has 1 aromatic carbocycles. The van der Waals surface area contributed by atoms with Crippen molar-refractivity contribution in [2.24, 2.45) is 0 Å². The van der Waals surface area contributed by atoms with Gasteiger partial charge >= 0.3 is 0 Å². The highest BCUT2D eigenvalue weighted by atomic mass is 35.5. The first-order valence-electron chi connectivity index (χ1n) is 6.07. The first-order valence-corrected chi connectivity index (χ1v) is 7.39. The van der Waals surface area contributed by atoms with E-state index in [2.05, 4.69) is 30.5 Å². The molecule has 0 amide bonds. The fourth-order valence-electron chi connectivity index (χ4n) is 1.98. The maximum absolute atomic E-state index is 6.52. The number of alkyl halides is 1. The molecule has 1 nitrogen and oxygen atoms in total. The maximum atomic E-state index is 6.52. The zero-order valence-corrected chi connectivity index (χ0v) is 12.2. The average molecular weight is 281 g/mol. The molecule has 2 aromatic rings. The van der Waals surface area contributed by atoms with Crippen molar-refractivity contribution < 1.29 is 4.74 Å². The molecular weight excluding hydrogens is 264 g/mol. The molecule has 0 N–H and O–H groups in total. The van der Waals surface area contributed by atoms with Gasteiger partial charge in [0.05, 0.1) is 12.5 Å². The molecule has 96 valence electrons. The molecule has 0 saturated heterocycles. The summed E-state index contributed by atoms with van der Waals surface area (Å²) in [6, 6.07) is 10.3. The first-order chi connectivity index (χ1) is 8.74. The molecule has 18 heavy (non-hydrogen) atoms. The molecular formula is C15H17ClOS. The number of rotatable bonds is 5. The van der Waals surface area contributed by atoms with Crippen LogP contribution in [0.3, 0.4) is 0 Å². The van der Waals surface area contributed by atoms with Crippen molar-refractivity contribution in [1.29, 1.82) is 0 Å². The van der Waals surface area contributed by atoms with Gasteiger partial charge in [0.25, 0.3) is 0 Å². The molecule has 2 rings (SSSR count). The minimum absolute atomic E-state index is 0.0633. The highest BCUT2D eigenvalue weighted by Crippen LogP contribution is 2.32. The largest absolute Gasteiger partial charge is 0.497 e. The van der Waals surface area contributed by atoms with Crippen molar-refractivity contribution in [2.45, 2.75) is 25.1 Å². The Morgan fingerprint density at radius 1 is 1.22 bits per heavy atom. The number of halogens is 1. The van der Waals surface area contributed by atoms with Crippen molar-refractivity contribution in [3.63, 3.8) is 0 Å². The standard InChI is InChI=1S/C15H17ClOS/c1-3-12-8-9-18-15(12)14(16)10-11-4-6-13(17-2)7-5-11/h4-9,14H,3,10H2,1-2H3. The third kappa shape index (κ3) is 3.06. The summed E-state index contributed by atoms with van der Waals surface area (Å²) in [6.45, 7) is 2.17. The summed E-state index contributed by atoms with van der Waals surface area (Å²) in [5.41, 5.74) is 2.61. The van der Waals surface area contributed by atoms with Crippen LogP contribution < -0.4 is 4.74 Å². The molecule has 0 spiro atoms. The lowest BCUT2D eigenvalue weighted by atomic mass is 10.1. The van der Waals surface area contributed by atoms with Crippen LogP contribution in [0.25, 0.3) is 0 Å². The van der Waals surface area contributed by atoms with Gasteiger partial charge in [0.1, 0.15) is 5.75 Å². The zero-order valence-electron chi connectivity index (χ0n) is 10.7. The Kier molecular flexibility index (Phi) is 4.67. The highest BCUT2D eigenvalue weighted by molar-refractivity contribution is 7.10. The summed E-state index contributed by atoms with van der Waals surface area (Å²) in [7, 11) is 1.68. The predicted molar refractivity (Wildman–Crippen MR) is 79.0 cm³/mol. The van der Waals surface area contributed by atoms with E-state index in [9.17, 15) is 0 Å². The van der Waals surface area contributed by atoms with Gasteiger partial charge in [-0.2, -0.15) is 0 Å². The van der Waals surface area contributed by atoms with Crippen molar-refractivity contribution in [1.82, 2.24) is 0 Å². The van der Waals surface area contributed by atoms with Crippen LogP contribution in [0.5, 0.6) is 5.75 Å². The Bertz CT molecular complexity index is 489. The molecule has 0 aliphatic heterocycles. The maximum Gasteiger partial charge on any atom is 0.118 e. The van der Waals surface area contributed by atoms with E-state index in [-0.39, 0.29) is 5.38 Å². The van der Waals surface area contributed by atoms with E-state index >= 15 is 0 Å². The number of benzene rings is 1. The smallest absolute Gasteiger partial charge is 0.118 e. The molecule has 0 bridgehead atoms. The van der Waals surface area contributed by atoms with Crippen LogP contribution in [-0.2, 0) is 12.8 Å². The summed E-state index contributed by atoms with van der Waals surface area (Å²) < 4.78 is 5.15. The normalized spacial score (nSPS) is 12.4. The molecule has 1 atom stereocenters. The van der Waals surface area contributed by atoms with Crippen molar-refractivity contribution in [2.75, 3.05) is 7.11 Å². The molecule has 0 aliphatic carbocycles. The second kappa shape index (κ2) is 6.26. The van der Waals surface area contributed by atoms with E-state index in [0.717, 1.165) is 18.6 Å². The van der Waals surface area contributed by atoms with Crippen molar-refractivity contribution >= 4 is 22.9 Å². The van der Waals surface area contributed by atoms with Crippen LogP contribution >= 0.6 is 22.9 Å². The van der Waals surface area contributed by atoms with E-state index < -0.39 is 0 Å². The summed E-state index contributed by atoms with van der Waals surface area (Å²) in [6.07, 6.45) is 1.91. The van der Waals surface area contributed by atoms with Crippen LogP contribution in [0.4, 0.5) is 0 Å². The second-order valence-electron chi connectivity index (χ2n) is 4.18. The van der Waals surface area contributed by atoms with Gasteiger partial charge in [0.15, 0.2) is 0 Å². The summed E-state index contributed by atoms with van der Waals surface area (Å²) in [5, 5.41) is 2.19. The van der Waals surface area contributed by atoms with Gasteiger partial charge in [-0.1, -0.05) is 19.1 Å². The number of hydrogen-bond donors (Lipinski definition) is 0. The summed E-state index contributed by atoms with van der Waals surface area (Å²) in [4.78, 5) is 1.30. The van der Waals surface area contributed by atoms with Gasteiger partial charge < -0.3 is 4.74 Å². The lowest BCUT2D eigenvalue weighted by Crippen LogP contribution is -1.96. The van der Waals surface area contributed by atoms with E-state index in [0.29, 0.717) is 0 Å². The van der Waals surface area contributed by atoms with Crippen LogP contribution in [0, 0.1) is 0 Å². The molecule has 1 heterocycles. The number of ether oxygens (including phenoxy) is 1. The van der Waals surface area contributed by atoms with Gasteiger partial charge in [-0.05, 0) is 47.5 Å². The summed E-state index contributed by atoms with van der Waals surface area (Å²) in [5.74, 6) is 0.884. The fourth-order valence-corrected chi connectivity index (χ4v) is 3.42. The van der Waals surface area contributed by atoms with E-state index in [1.165, 1.54) is 16.0 Å². The van der Waals surface area contributed by atoms with Gasteiger partial charge in [0.2, 0.25) is 0 Å². The average Bonchev–Trinajstić information content (AvgIpc) is 2.88.